The van der Waals surface area contributed by atoms with Crippen LogP contribution in [0.1, 0.15) is 77.6 Å². The Hall–Kier alpha value is -5.38. The first-order valence-corrected chi connectivity index (χ1v) is 16.3. The maximum Gasteiger partial charge on any atom is 0.336 e. The van der Waals surface area contributed by atoms with Gasteiger partial charge in [-0.3, -0.25) is 0 Å². The lowest BCUT2D eigenvalue weighted by Gasteiger charge is -2.15. The SMILES string of the molecule is C=CC(=O)OCCCCCCOc1ccc(C(=O)O)c(-c2ccc(-c3cc(OCCCCCCOC(=O)C=C)ccc3C(=O)O)c(C)c2)c1. The highest BCUT2D eigenvalue weighted by Crippen LogP contribution is 2.35. The van der Waals surface area contributed by atoms with Gasteiger partial charge in [-0.1, -0.05) is 31.4 Å². The lowest BCUT2D eigenvalue weighted by atomic mass is 9.91. The first-order chi connectivity index (χ1) is 23.6. The van der Waals surface area contributed by atoms with E-state index in [4.69, 9.17) is 18.9 Å². The summed E-state index contributed by atoms with van der Waals surface area (Å²) in [7, 11) is 0. The average molecular weight is 673 g/mol. The van der Waals surface area contributed by atoms with Gasteiger partial charge in [-0.15, -0.1) is 0 Å². The molecule has 260 valence electrons. The van der Waals surface area contributed by atoms with Crippen LogP contribution in [-0.4, -0.2) is 60.5 Å². The zero-order valence-corrected chi connectivity index (χ0v) is 27.9. The molecule has 10 nitrogen and oxygen atoms in total. The van der Waals surface area contributed by atoms with Gasteiger partial charge in [0, 0.05) is 17.7 Å². The van der Waals surface area contributed by atoms with Crippen LogP contribution in [0.25, 0.3) is 22.3 Å². The van der Waals surface area contributed by atoms with Crippen molar-refractivity contribution in [3.8, 4) is 33.8 Å². The number of unbranched alkanes of at least 4 members (excludes halogenated alkanes) is 6. The van der Waals surface area contributed by atoms with E-state index in [1.165, 1.54) is 12.1 Å². The first kappa shape index (κ1) is 38.1. The van der Waals surface area contributed by atoms with Crippen molar-refractivity contribution in [2.75, 3.05) is 26.4 Å². The summed E-state index contributed by atoms with van der Waals surface area (Å²) in [6, 6.07) is 15.1. The van der Waals surface area contributed by atoms with E-state index < -0.39 is 23.9 Å². The van der Waals surface area contributed by atoms with Crippen molar-refractivity contribution in [2.24, 2.45) is 0 Å². The molecule has 0 atom stereocenters. The molecule has 0 heterocycles. The summed E-state index contributed by atoms with van der Waals surface area (Å²) in [6.07, 6.45) is 8.85. The second kappa shape index (κ2) is 20.1. The Morgan fingerprint density at radius 1 is 0.571 bits per heavy atom. The number of ether oxygens (including phenoxy) is 4. The molecule has 49 heavy (non-hydrogen) atoms. The number of carboxylic acid groups (broad SMARTS) is 2. The minimum Gasteiger partial charge on any atom is -0.494 e. The lowest BCUT2D eigenvalue weighted by Crippen LogP contribution is -2.04. The number of carbonyl (C=O) groups excluding carboxylic acids is 2. The fraction of sp³-hybridized carbons (Fsp3) is 0.333. The van der Waals surface area contributed by atoms with Crippen LogP contribution in [0.5, 0.6) is 11.5 Å². The highest BCUT2D eigenvalue weighted by Gasteiger charge is 2.18. The molecule has 3 aromatic rings. The largest absolute Gasteiger partial charge is 0.494 e. The van der Waals surface area contributed by atoms with Gasteiger partial charge in [-0.2, -0.15) is 0 Å². The fourth-order valence-electron chi connectivity index (χ4n) is 5.15. The van der Waals surface area contributed by atoms with Gasteiger partial charge in [0.2, 0.25) is 0 Å². The Labute approximate surface area is 287 Å². The van der Waals surface area contributed by atoms with Crippen molar-refractivity contribution < 1.29 is 48.3 Å². The second-order valence-electron chi connectivity index (χ2n) is 11.3. The molecule has 0 aliphatic rings. The van der Waals surface area contributed by atoms with Gasteiger partial charge < -0.3 is 29.2 Å². The van der Waals surface area contributed by atoms with Crippen molar-refractivity contribution in [2.45, 2.75) is 58.3 Å². The standard InChI is InChI=1S/C39H44O10/c1-4-36(40)48-22-12-8-6-10-20-46-29-15-18-32(38(42)43)34(25-29)28-14-17-31(27(3)24-28)35-26-30(16-19-33(35)39(44)45)47-21-11-7-9-13-23-49-37(41)5-2/h4-5,14-19,24-26H,1-2,6-13,20-23H2,3H3,(H,42,43)(H,44,45). The molecular weight excluding hydrogens is 628 g/mol. The Morgan fingerprint density at radius 2 is 1.02 bits per heavy atom. The van der Waals surface area contributed by atoms with E-state index in [9.17, 15) is 29.4 Å². The minimum absolute atomic E-state index is 0.118. The van der Waals surface area contributed by atoms with Crippen LogP contribution >= 0.6 is 0 Å². The molecule has 0 unspecified atom stereocenters. The van der Waals surface area contributed by atoms with Crippen LogP contribution in [0.3, 0.4) is 0 Å². The summed E-state index contributed by atoms with van der Waals surface area (Å²) in [5.41, 5.74) is 3.32. The Morgan fingerprint density at radius 3 is 1.47 bits per heavy atom. The van der Waals surface area contributed by atoms with Crippen LogP contribution in [0, 0.1) is 6.92 Å². The normalized spacial score (nSPS) is 10.6. The predicted molar refractivity (Wildman–Crippen MR) is 186 cm³/mol. The molecule has 10 heteroatoms. The van der Waals surface area contributed by atoms with Gasteiger partial charge in [0.15, 0.2) is 0 Å². The smallest absolute Gasteiger partial charge is 0.336 e. The molecule has 3 rings (SSSR count). The van der Waals surface area contributed by atoms with Gasteiger partial charge in [-0.25, -0.2) is 19.2 Å². The quantitative estimate of drug-likeness (QED) is 0.0610. The summed E-state index contributed by atoms with van der Waals surface area (Å²) in [4.78, 5) is 46.5. The number of rotatable bonds is 22. The molecule has 0 aliphatic carbocycles. The molecular formula is C39H44O10. The van der Waals surface area contributed by atoms with Gasteiger partial charge in [0.1, 0.15) is 11.5 Å². The van der Waals surface area contributed by atoms with E-state index in [1.807, 2.05) is 13.0 Å². The zero-order chi connectivity index (χ0) is 35.6. The third-order valence-corrected chi connectivity index (χ3v) is 7.71. The third kappa shape index (κ3) is 12.3. The number of carbonyl (C=O) groups is 4. The number of benzene rings is 3. The number of hydrogen-bond donors (Lipinski definition) is 2. The average Bonchev–Trinajstić information content (AvgIpc) is 3.09. The van der Waals surface area contributed by atoms with Crippen LogP contribution in [0.4, 0.5) is 0 Å². The highest BCUT2D eigenvalue weighted by atomic mass is 16.5. The molecule has 0 saturated carbocycles. The number of hydrogen-bond acceptors (Lipinski definition) is 8. The monoisotopic (exact) mass is 672 g/mol. The Bertz CT molecular complexity index is 1620. The van der Waals surface area contributed by atoms with E-state index in [0.717, 1.165) is 69.1 Å². The maximum absolute atomic E-state index is 12.1. The van der Waals surface area contributed by atoms with Gasteiger partial charge in [0.05, 0.1) is 37.6 Å². The summed E-state index contributed by atoms with van der Waals surface area (Å²) in [5.74, 6) is -1.93. The lowest BCUT2D eigenvalue weighted by molar-refractivity contribution is -0.138. The highest BCUT2D eigenvalue weighted by molar-refractivity contribution is 5.98. The number of esters is 2. The van der Waals surface area contributed by atoms with Crippen molar-refractivity contribution in [3.05, 3.63) is 96.6 Å². The summed E-state index contributed by atoms with van der Waals surface area (Å²) < 4.78 is 21.8. The Kier molecular flexibility index (Phi) is 15.6. The number of aromatic carboxylic acids is 2. The molecule has 0 aliphatic heterocycles. The van der Waals surface area contributed by atoms with E-state index in [1.54, 1.807) is 36.4 Å². The van der Waals surface area contributed by atoms with Crippen LogP contribution in [0.15, 0.2) is 79.9 Å². The molecule has 0 fully saturated rings. The molecule has 2 N–H and O–H groups in total. The zero-order valence-electron chi connectivity index (χ0n) is 27.9. The summed E-state index contributed by atoms with van der Waals surface area (Å²) in [6.45, 7) is 10.2. The molecule has 0 bridgehead atoms. The van der Waals surface area contributed by atoms with E-state index >= 15 is 0 Å². The topological polar surface area (TPSA) is 146 Å². The van der Waals surface area contributed by atoms with E-state index in [0.29, 0.717) is 60.2 Å². The summed E-state index contributed by atoms with van der Waals surface area (Å²) in [5, 5.41) is 19.8. The fourth-order valence-corrected chi connectivity index (χ4v) is 5.15. The van der Waals surface area contributed by atoms with Crippen molar-refractivity contribution in [1.82, 2.24) is 0 Å². The second-order valence-corrected chi connectivity index (χ2v) is 11.3. The molecule has 0 spiro atoms. The molecule has 0 amide bonds. The number of aryl methyl sites for hydroxylation is 1. The van der Waals surface area contributed by atoms with Crippen LogP contribution in [0.2, 0.25) is 0 Å². The molecule has 0 aromatic heterocycles. The van der Waals surface area contributed by atoms with Crippen molar-refractivity contribution >= 4 is 23.9 Å². The van der Waals surface area contributed by atoms with Gasteiger partial charge >= 0.3 is 23.9 Å². The number of carboxylic acids is 2. The summed E-state index contributed by atoms with van der Waals surface area (Å²) >= 11 is 0. The van der Waals surface area contributed by atoms with Gasteiger partial charge in [0.25, 0.3) is 0 Å². The van der Waals surface area contributed by atoms with E-state index in [2.05, 4.69) is 13.2 Å². The Balaban J connectivity index is 1.67. The van der Waals surface area contributed by atoms with Crippen molar-refractivity contribution in [3.63, 3.8) is 0 Å². The van der Waals surface area contributed by atoms with Crippen LogP contribution in [-0.2, 0) is 19.1 Å². The first-order valence-electron chi connectivity index (χ1n) is 16.3. The van der Waals surface area contributed by atoms with Crippen molar-refractivity contribution in [1.29, 1.82) is 0 Å². The maximum atomic E-state index is 12.1. The van der Waals surface area contributed by atoms with Gasteiger partial charge in [-0.05, 0) is 117 Å². The molecule has 3 aromatic carbocycles. The minimum atomic E-state index is -1.07. The molecule has 0 saturated heterocycles. The van der Waals surface area contributed by atoms with E-state index in [-0.39, 0.29) is 11.1 Å². The third-order valence-electron chi connectivity index (χ3n) is 7.71. The molecule has 0 radical (unpaired) electrons. The van der Waals surface area contributed by atoms with Crippen LogP contribution < -0.4 is 9.47 Å². The predicted octanol–water partition coefficient (Wildman–Crippen LogP) is 8.06.